The molecule has 0 atom stereocenters. The first kappa shape index (κ1) is 10.5. The third-order valence-electron chi connectivity index (χ3n) is 2.19. The fourth-order valence-corrected chi connectivity index (χ4v) is 1.47. The number of benzene rings is 1. The van der Waals surface area contributed by atoms with E-state index in [-0.39, 0.29) is 0 Å². The quantitative estimate of drug-likeness (QED) is 0.582. The van der Waals surface area contributed by atoms with E-state index in [2.05, 4.69) is 18.3 Å². The van der Waals surface area contributed by atoms with Gasteiger partial charge in [0.05, 0.1) is 0 Å². The van der Waals surface area contributed by atoms with Gasteiger partial charge in [-0.1, -0.05) is 19.1 Å². The number of rotatable bonds is 4. The summed E-state index contributed by atoms with van der Waals surface area (Å²) in [5.74, 6) is 0. The molecule has 14 heavy (non-hydrogen) atoms. The molecule has 0 saturated heterocycles. The Kier molecular flexibility index (Phi) is 3.92. The van der Waals surface area contributed by atoms with Gasteiger partial charge in [0.1, 0.15) is 6.29 Å². The standard InChI is InChI=1S/C12H15NO/c1-3-10-6-4-8-12(13-2)11(10)7-5-9-14/h4-9,13H,3H2,1-2H3/b7-5-. The Morgan fingerprint density at radius 1 is 1.43 bits per heavy atom. The van der Waals surface area contributed by atoms with Crippen LogP contribution in [0.3, 0.4) is 0 Å². The molecule has 74 valence electrons. The van der Waals surface area contributed by atoms with E-state index in [0.29, 0.717) is 0 Å². The predicted octanol–water partition coefficient (Wildman–Crippen LogP) is 2.50. The molecule has 0 aliphatic heterocycles. The Morgan fingerprint density at radius 3 is 2.79 bits per heavy atom. The van der Waals surface area contributed by atoms with Crippen molar-refractivity contribution >= 4 is 18.0 Å². The summed E-state index contributed by atoms with van der Waals surface area (Å²) < 4.78 is 0. The first-order chi connectivity index (χ1) is 6.83. The molecule has 1 rings (SSSR count). The maximum absolute atomic E-state index is 10.3. The van der Waals surface area contributed by atoms with E-state index >= 15 is 0 Å². The van der Waals surface area contributed by atoms with Crippen molar-refractivity contribution in [1.29, 1.82) is 0 Å². The highest BCUT2D eigenvalue weighted by Crippen LogP contribution is 2.21. The van der Waals surface area contributed by atoms with E-state index in [1.54, 1.807) is 0 Å². The van der Waals surface area contributed by atoms with Gasteiger partial charge in [-0.15, -0.1) is 0 Å². The van der Waals surface area contributed by atoms with Crippen molar-refractivity contribution in [2.75, 3.05) is 12.4 Å². The van der Waals surface area contributed by atoms with Crippen LogP contribution in [0.5, 0.6) is 0 Å². The van der Waals surface area contributed by atoms with Crippen molar-refractivity contribution in [3.05, 3.63) is 35.4 Å². The molecule has 1 aromatic carbocycles. The van der Waals surface area contributed by atoms with Crippen LogP contribution in [0.15, 0.2) is 24.3 Å². The van der Waals surface area contributed by atoms with Gasteiger partial charge in [0.2, 0.25) is 0 Å². The van der Waals surface area contributed by atoms with Crippen LogP contribution < -0.4 is 5.32 Å². The topological polar surface area (TPSA) is 29.1 Å². The van der Waals surface area contributed by atoms with E-state index in [1.165, 1.54) is 11.6 Å². The molecule has 1 aromatic rings. The van der Waals surface area contributed by atoms with Gasteiger partial charge in [0.25, 0.3) is 0 Å². The molecule has 0 spiro atoms. The Bertz CT molecular complexity index is 320. The molecule has 0 unspecified atom stereocenters. The van der Waals surface area contributed by atoms with Gasteiger partial charge in [-0.2, -0.15) is 0 Å². The van der Waals surface area contributed by atoms with Crippen LogP contribution >= 0.6 is 0 Å². The number of anilines is 1. The van der Waals surface area contributed by atoms with Gasteiger partial charge in [-0.25, -0.2) is 0 Å². The van der Waals surface area contributed by atoms with Crippen molar-refractivity contribution in [1.82, 2.24) is 0 Å². The molecular weight excluding hydrogens is 174 g/mol. The molecule has 0 bridgehead atoms. The highest BCUT2D eigenvalue weighted by Gasteiger charge is 2.01. The van der Waals surface area contributed by atoms with Gasteiger partial charge in [0.15, 0.2) is 0 Å². The van der Waals surface area contributed by atoms with E-state index in [4.69, 9.17) is 0 Å². The number of hydrogen-bond donors (Lipinski definition) is 1. The SMILES string of the molecule is CCc1cccc(NC)c1/C=C\C=O. The number of carbonyl (C=O) groups excluding carboxylic acids is 1. The molecule has 0 heterocycles. The monoisotopic (exact) mass is 189 g/mol. The normalized spacial score (nSPS) is 10.4. The van der Waals surface area contributed by atoms with E-state index in [1.807, 2.05) is 25.3 Å². The van der Waals surface area contributed by atoms with Crippen molar-refractivity contribution in [2.24, 2.45) is 0 Å². The minimum Gasteiger partial charge on any atom is -0.388 e. The fraction of sp³-hybridized carbons (Fsp3) is 0.250. The maximum atomic E-state index is 10.3. The van der Waals surface area contributed by atoms with Crippen LogP contribution in [0, 0.1) is 0 Å². The Morgan fingerprint density at radius 2 is 2.21 bits per heavy atom. The zero-order valence-corrected chi connectivity index (χ0v) is 8.58. The van der Waals surface area contributed by atoms with Crippen LogP contribution in [0.2, 0.25) is 0 Å². The molecular formula is C12H15NO. The summed E-state index contributed by atoms with van der Waals surface area (Å²) in [6, 6.07) is 6.10. The van der Waals surface area contributed by atoms with E-state index in [0.717, 1.165) is 24.0 Å². The summed E-state index contributed by atoms with van der Waals surface area (Å²) in [5, 5.41) is 3.11. The minimum atomic E-state index is 0.797. The second-order valence-corrected chi connectivity index (χ2v) is 2.98. The molecule has 0 fully saturated rings. The lowest BCUT2D eigenvalue weighted by Crippen LogP contribution is -1.95. The summed E-state index contributed by atoms with van der Waals surface area (Å²) in [4.78, 5) is 10.3. The van der Waals surface area contributed by atoms with Crippen LogP contribution in [-0.2, 0) is 11.2 Å². The summed E-state index contributed by atoms with van der Waals surface area (Å²) >= 11 is 0. The lowest BCUT2D eigenvalue weighted by Gasteiger charge is -2.09. The van der Waals surface area contributed by atoms with Crippen LogP contribution in [0.25, 0.3) is 6.08 Å². The first-order valence-corrected chi connectivity index (χ1v) is 4.75. The van der Waals surface area contributed by atoms with Crippen LogP contribution in [0.1, 0.15) is 18.1 Å². The molecule has 0 amide bonds. The molecule has 2 nitrogen and oxygen atoms in total. The van der Waals surface area contributed by atoms with Gasteiger partial charge < -0.3 is 5.32 Å². The van der Waals surface area contributed by atoms with Crippen molar-refractivity contribution in [3.63, 3.8) is 0 Å². The van der Waals surface area contributed by atoms with E-state index < -0.39 is 0 Å². The molecule has 2 heteroatoms. The van der Waals surface area contributed by atoms with Gasteiger partial charge in [0, 0.05) is 18.3 Å². The number of carbonyl (C=O) groups is 1. The molecule has 0 saturated carbocycles. The lowest BCUT2D eigenvalue weighted by molar-refractivity contribution is -0.104. The molecule has 0 aliphatic rings. The summed E-state index contributed by atoms with van der Waals surface area (Å²) in [5.41, 5.74) is 3.40. The van der Waals surface area contributed by atoms with E-state index in [9.17, 15) is 4.79 Å². The smallest absolute Gasteiger partial charge is 0.142 e. The third kappa shape index (κ3) is 2.22. The fourth-order valence-electron chi connectivity index (χ4n) is 1.47. The van der Waals surface area contributed by atoms with Crippen molar-refractivity contribution in [2.45, 2.75) is 13.3 Å². The largest absolute Gasteiger partial charge is 0.388 e. The van der Waals surface area contributed by atoms with Crippen molar-refractivity contribution < 1.29 is 4.79 Å². The number of allylic oxidation sites excluding steroid dienone is 1. The molecule has 0 aliphatic carbocycles. The zero-order valence-electron chi connectivity index (χ0n) is 8.58. The predicted molar refractivity (Wildman–Crippen MR) is 60.5 cm³/mol. The molecule has 1 N–H and O–H groups in total. The number of aryl methyl sites for hydroxylation is 1. The summed E-state index contributed by atoms with van der Waals surface area (Å²) in [6.07, 6.45) is 5.13. The Hall–Kier alpha value is -1.57. The second kappa shape index (κ2) is 5.22. The second-order valence-electron chi connectivity index (χ2n) is 2.98. The average molecular weight is 189 g/mol. The highest BCUT2D eigenvalue weighted by molar-refractivity contribution is 5.79. The van der Waals surface area contributed by atoms with Crippen LogP contribution in [0.4, 0.5) is 5.69 Å². The zero-order chi connectivity index (χ0) is 10.4. The van der Waals surface area contributed by atoms with Crippen LogP contribution in [-0.4, -0.2) is 13.3 Å². The Labute approximate surface area is 84.6 Å². The average Bonchev–Trinajstić information content (AvgIpc) is 2.25. The van der Waals surface area contributed by atoms with Gasteiger partial charge in [-0.3, -0.25) is 4.79 Å². The highest BCUT2D eigenvalue weighted by atomic mass is 16.1. The number of aldehydes is 1. The van der Waals surface area contributed by atoms with Crippen molar-refractivity contribution in [3.8, 4) is 0 Å². The molecule has 0 radical (unpaired) electrons. The lowest BCUT2D eigenvalue weighted by atomic mass is 10.0. The minimum absolute atomic E-state index is 0.797. The van der Waals surface area contributed by atoms with Gasteiger partial charge in [-0.05, 0) is 30.2 Å². The molecule has 0 aromatic heterocycles. The number of hydrogen-bond acceptors (Lipinski definition) is 2. The first-order valence-electron chi connectivity index (χ1n) is 4.75. The summed E-state index contributed by atoms with van der Waals surface area (Å²) in [7, 11) is 1.88. The van der Waals surface area contributed by atoms with Gasteiger partial charge >= 0.3 is 0 Å². The maximum Gasteiger partial charge on any atom is 0.142 e. The number of nitrogens with one attached hydrogen (secondary N) is 1. The third-order valence-corrected chi connectivity index (χ3v) is 2.19. The Balaban J connectivity index is 3.18. The summed E-state index contributed by atoms with van der Waals surface area (Å²) in [6.45, 7) is 2.10.